The molecule has 0 bridgehead atoms. The van der Waals surface area contributed by atoms with Gasteiger partial charge in [-0.15, -0.1) is 0 Å². The van der Waals surface area contributed by atoms with Crippen molar-refractivity contribution in [2.75, 3.05) is 18.5 Å². The summed E-state index contributed by atoms with van der Waals surface area (Å²) in [7, 11) is 0. The van der Waals surface area contributed by atoms with Crippen LogP contribution in [0, 0.1) is 0 Å². The summed E-state index contributed by atoms with van der Waals surface area (Å²) in [5.74, 6) is 0.154. The molecule has 2 aromatic rings. The minimum atomic E-state index is -0.385. The van der Waals surface area contributed by atoms with Crippen molar-refractivity contribution in [2.45, 2.75) is 26.7 Å². The predicted molar refractivity (Wildman–Crippen MR) is 102 cm³/mol. The number of benzene rings is 2. The molecular weight excluding hydrogens is 346 g/mol. The van der Waals surface area contributed by atoms with Gasteiger partial charge in [0.2, 0.25) is 5.91 Å². The molecule has 142 valence electrons. The fraction of sp³-hybridized carbons (Fsp3) is 0.286. The van der Waals surface area contributed by atoms with Crippen molar-refractivity contribution in [1.82, 2.24) is 0 Å². The standard InChI is InChI=1S/C21H23NO5/c1-3-26-21(25)17-6-10-18(11-7-17)22-20(24)5-4-14-27-19-12-8-16(9-13-19)15(2)23/h6-13H,3-5,14H2,1-2H3,(H,22,24). The van der Waals surface area contributed by atoms with E-state index in [1.54, 1.807) is 55.5 Å². The lowest BCUT2D eigenvalue weighted by Gasteiger charge is -2.08. The molecule has 0 radical (unpaired) electrons. The van der Waals surface area contributed by atoms with Crippen LogP contribution in [0.1, 0.15) is 47.4 Å². The van der Waals surface area contributed by atoms with Crippen molar-refractivity contribution in [1.29, 1.82) is 0 Å². The summed E-state index contributed by atoms with van der Waals surface area (Å²) in [6, 6.07) is 13.5. The minimum absolute atomic E-state index is 0.00788. The van der Waals surface area contributed by atoms with Crippen LogP contribution >= 0.6 is 0 Å². The van der Waals surface area contributed by atoms with Crippen LogP contribution in [0.25, 0.3) is 0 Å². The van der Waals surface area contributed by atoms with E-state index in [0.717, 1.165) is 0 Å². The predicted octanol–water partition coefficient (Wildman–Crippen LogP) is 3.86. The highest BCUT2D eigenvalue weighted by Gasteiger charge is 2.07. The minimum Gasteiger partial charge on any atom is -0.494 e. The lowest BCUT2D eigenvalue weighted by Crippen LogP contribution is -2.13. The van der Waals surface area contributed by atoms with Gasteiger partial charge in [0.15, 0.2) is 5.78 Å². The first-order chi connectivity index (χ1) is 13.0. The Kier molecular flexibility index (Phi) is 7.55. The van der Waals surface area contributed by atoms with Gasteiger partial charge in [-0.25, -0.2) is 4.79 Å². The largest absolute Gasteiger partial charge is 0.494 e. The van der Waals surface area contributed by atoms with Crippen molar-refractivity contribution in [2.24, 2.45) is 0 Å². The third-order valence-corrected chi connectivity index (χ3v) is 3.76. The average molecular weight is 369 g/mol. The van der Waals surface area contributed by atoms with Gasteiger partial charge in [0.25, 0.3) is 0 Å². The number of carbonyl (C=O) groups excluding carboxylic acids is 3. The highest BCUT2D eigenvalue weighted by molar-refractivity contribution is 5.94. The van der Waals surface area contributed by atoms with Gasteiger partial charge >= 0.3 is 5.97 Å². The molecule has 6 nitrogen and oxygen atoms in total. The Hall–Kier alpha value is -3.15. The number of esters is 1. The van der Waals surface area contributed by atoms with Crippen LogP contribution < -0.4 is 10.1 Å². The lowest BCUT2D eigenvalue weighted by atomic mass is 10.1. The molecule has 1 N–H and O–H groups in total. The molecule has 0 atom stereocenters. The highest BCUT2D eigenvalue weighted by atomic mass is 16.5. The van der Waals surface area contributed by atoms with Crippen molar-refractivity contribution >= 4 is 23.3 Å². The van der Waals surface area contributed by atoms with Crippen LogP contribution in [-0.2, 0) is 9.53 Å². The number of hydrogen-bond donors (Lipinski definition) is 1. The van der Waals surface area contributed by atoms with Gasteiger partial charge in [-0.3, -0.25) is 9.59 Å². The zero-order chi connectivity index (χ0) is 19.6. The second kappa shape index (κ2) is 10.1. The van der Waals surface area contributed by atoms with E-state index in [0.29, 0.717) is 48.6 Å². The van der Waals surface area contributed by atoms with E-state index < -0.39 is 0 Å². The van der Waals surface area contributed by atoms with Gasteiger partial charge in [-0.1, -0.05) is 0 Å². The van der Waals surface area contributed by atoms with Crippen molar-refractivity contribution in [3.63, 3.8) is 0 Å². The summed E-state index contributed by atoms with van der Waals surface area (Å²) >= 11 is 0. The Balaban J connectivity index is 1.71. The number of nitrogens with one attached hydrogen (secondary N) is 1. The van der Waals surface area contributed by atoms with Gasteiger partial charge in [-0.05, 0) is 68.8 Å². The van der Waals surface area contributed by atoms with E-state index in [1.165, 1.54) is 6.92 Å². The van der Waals surface area contributed by atoms with Crippen LogP contribution in [0.2, 0.25) is 0 Å². The first-order valence-electron chi connectivity index (χ1n) is 8.80. The maximum atomic E-state index is 12.0. The van der Waals surface area contributed by atoms with Crippen molar-refractivity contribution in [3.8, 4) is 5.75 Å². The Morgan fingerprint density at radius 1 is 0.926 bits per heavy atom. The summed E-state index contributed by atoms with van der Waals surface area (Å²) in [6.45, 7) is 3.98. The number of ketones is 1. The van der Waals surface area contributed by atoms with Crippen molar-refractivity contribution < 1.29 is 23.9 Å². The molecule has 0 fully saturated rings. The number of carbonyl (C=O) groups is 3. The van der Waals surface area contributed by atoms with Crippen LogP contribution in [-0.4, -0.2) is 30.9 Å². The Morgan fingerprint density at radius 2 is 1.56 bits per heavy atom. The maximum Gasteiger partial charge on any atom is 0.338 e. The van der Waals surface area contributed by atoms with E-state index in [9.17, 15) is 14.4 Å². The number of Topliss-reactive ketones (excluding diaryl/α,β-unsaturated/α-hetero) is 1. The smallest absolute Gasteiger partial charge is 0.338 e. The lowest BCUT2D eigenvalue weighted by molar-refractivity contribution is -0.116. The summed E-state index contributed by atoms with van der Waals surface area (Å²) < 4.78 is 10.5. The number of rotatable bonds is 9. The van der Waals surface area contributed by atoms with E-state index in [1.807, 2.05) is 0 Å². The first kappa shape index (κ1) is 20.2. The molecule has 0 aliphatic carbocycles. The molecule has 2 rings (SSSR count). The van der Waals surface area contributed by atoms with E-state index >= 15 is 0 Å². The fourth-order valence-corrected chi connectivity index (χ4v) is 2.34. The monoisotopic (exact) mass is 369 g/mol. The SMILES string of the molecule is CCOC(=O)c1ccc(NC(=O)CCCOc2ccc(C(C)=O)cc2)cc1. The van der Waals surface area contributed by atoms with E-state index in [-0.39, 0.29) is 17.7 Å². The van der Waals surface area contributed by atoms with E-state index in [2.05, 4.69) is 5.32 Å². The summed E-state index contributed by atoms with van der Waals surface area (Å²) in [5, 5.41) is 2.77. The maximum absolute atomic E-state index is 12.0. The van der Waals surface area contributed by atoms with Crippen LogP contribution in [0.15, 0.2) is 48.5 Å². The highest BCUT2D eigenvalue weighted by Crippen LogP contribution is 2.14. The van der Waals surface area contributed by atoms with Gasteiger partial charge in [0.05, 0.1) is 18.8 Å². The number of anilines is 1. The molecule has 1 amide bonds. The summed E-state index contributed by atoms with van der Waals surface area (Å²) in [6.07, 6.45) is 0.867. The zero-order valence-electron chi connectivity index (χ0n) is 15.5. The normalized spacial score (nSPS) is 10.1. The molecule has 0 unspecified atom stereocenters. The molecule has 0 saturated carbocycles. The molecular formula is C21H23NO5. The molecule has 27 heavy (non-hydrogen) atoms. The Morgan fingerprint density at radius 3 is 2.15 bits per heavy atom. The molecule has 0 heterocycles. The van der Waals surface area contributed by atoms with Gasteiger partial charge in [0.1, 0.15) is 5.75 Å². The summed E-state index contributed by atoms with van der Waals surface area (Å²) in [5.41, 5.74) is 1.70. The van der Waals surface area contributed by atoms with Crippen LogP contribution in [0.3, 0.4) is 0 Å². The third kappa shape index (κ3) is 6.58. The molecule has 0 saturated heterocycles. The van der Waals surface area contributed by atoms with Gasteiger partial charge in [0, 0.05) is 17.7 Å². The Labute approximate surface area is 158 Å². The van der Waals surface area contributed by atoms with Crippen LogP contribution in [0.4, 0.5) is 5.69 Å². The van der Waals surface area contributed by atoms with E-state index in [4.69, 9.17) is 9.47 Å². The Bertz CT molecular complexity index is 781. The van der Waals surface area contributed by atoms with Gasteiger partial charge in [-0.2, -0.15) is 0 Å². The number of hydrogen-bond acceptors (Lipinski definition) is 5. The molecule has 2 aromatic carbocycles. The van der Waals surface area contributed by atoms with Gasteiger partial charge < -0.3 is 14.8 Å². The molecule has 0 aromatic heterocycles. The summed E-state index contributed by atoms with van der Waals surface area (Å²) in [4.78, 5) is 34.8. The number of ether oxygens (including phenoxy) is 2. The molecule has 0 aliphatic rings. The fourth-order valence-electron chi connectivity index (χ4n) is 2.34. The van der Waals surface area contributed by atoms with Crippen molar-refractivity contribution in [3.05, 3.63) is 59.7 Å². The number of amides is 1. The van der Waals surface area contributed by atoms with Crippen LogP contribution in [0.5, 0.6) is 5.75 Å². The second-order valence-corrected chi connectivity index (χ2v) is 5.88. The second-order valence-electron chi connectivity index (χ2n) is 5.88. The first-order valence-corrected chi connectivity index (χ1v) is 8.80. The average Bonchev–Trinajstić information content (AvgIpc) is 2.66. The quantitative estimate of drug-likeness (QED) is 0.412. The molecule has 0 aliphatic heterocycles. The molecule has 6 heteroatoms. The zero-order valence-corrected chi connectivity index (χ0v) is 15.5. The topological polar surface area (TPSA) is 81.7 Å². The third-order valence-electron chi connectivity index (χ3n) is 3.76. The molecule has 0 spiro atoms.